The monoisotopic (exact) mass is 292 g/mol. The molecule has 100 valence electrons. The number of alkyl halides is 1. The first-order valence-corrected chi connectivity index (χ1v) is 8.06. The van der Waals surface area contributed by atoms with E-state index in [1.807, 2.05) is 6.92 Å². The number of pyridine rings is 1. The molecule has 2 aromatic heterocycles. The van der Waals surface area contributed by atoms with Crippen LogP contribution in [-0.4, -0.2) is 11.0 Å². The van der Waals surface area contributed by atoms with Crippen LogP contribution in [0.25, 0.3) is 0 Å². The maximum Gasteiger partial charge on any atom is 0.129 e. The highest BCUT2D eigenvalue weighted by Crippen LogP contribution is 2.32. The summed E-state index contributed by atoms with van der Waals surface area (Å²) in [6.07, 6.45) is 2.56. The molecule has 0 aliphatic heterocycles. The van der Waals surface area contributed by atoms with Crippen molar-refractivity contribution in [3.05, 3.63) is 45.8 Å². The van der Waals surface area contributed by atoms with Gasteiger partial charge < -0.3 is 4.90 Å². The molecule has 1 aliphatic rings. The van der Waals surface area contributed by atoms with Gasteiger partial charge in [-0.3, -0.25) is 0 Å². The number of hydrogen-bond donors (Lipinski definition) is 0. The van der Waals surface area contributed by atoms with Crippen molar-refractivity contribution in [3.63, 3.8) is 0 Å². The van der Waals surface area contributed by atoms with Gasteiger partial charge in [0, 0.05) is 24.2 Å². The van der Waals surface area contributed by atoms with E-state index in [0.717, 1.165) is 23.6 Å². The molecule has 1 aliphatic carbocycles. The summed E-state index contributed by atoms with van der Waals surface area (Å²) in [5.41, 5.74) is 3.54. The van der Waals surface area contributed by atoms with E-state index in [-0.39, 0.29) is 0 Å². The summed E-state index contributed by atoms with van der Waals surface area (Å²) in [6.45, 7) is 3.00. The van der Waals surface area contributed by atoms with Crippen molar-refractivity contribution in [2.45, 2.75) is 38.2 Å². The lowest BCUT2D eigenvalue weighted by Gasteiger charge is -2.24. The number of rotatable bonds is 5. The number of nitrogens with zero attached hydrogens (tertiary/aromatic N) is 2. The molecular formula is C15H17ClN2S. The fourth-order valence-electron chi connectivity index (χ4n) is 2.24. The molecule has 0 bridgehead atoms. The third kappa shape index (κ3) is 2.93. The van der Waals surface area contributed by atoms with Gasteiger partial charge in [0.1, 0.15) is 5.82 Å². The number of thiophene rings is 1. The SMILES string of the molecule is Cc1nc(N(Cc2ccsc2)C2CC2)ccc1CCl. The van der Waals surface area contributed by atoms with Crippen molar-refractivity contribution < 1.29 is 0 Å². The van der Waals surface area contributed by atoms with Crippen molar-refractivity contribution in [1.82, 2.24) is 4.98 Å². The van der Waals surface area contributed by atoms with Crippen molar-refractivity contribution in [1.29, 1.82) is 0 Å². The first-order chi connectivity index (χ1) is 9.28. The molecule has 3 rings (SSSR count). The highest BCUT2D eigenvalue weighted by molar-refractivity contribution is 7.07. The maximum absolute atomic E-state index is 5.90. The molecule has 0 spiro atoms. The van der Waals surface area contributed by atoms with Gasteiger partial charge in [-0.05, 0) is 53.8 Å². The van der Waals surface area contributed by atoms with Crippen LogP contribution in [0.15, 0.2) is 29.0 Å². The molecule has 2 heterocycles. The number of aromatic nitrogens is 1. The third-order valence-electron chi connectivity index (χ3n) is 3.54. The fourth-order valence-corrected chi connectivity index (χ4v) is 3.18. The van der Waals surface area contributed by atoms with Gasteiger partial charge in [-0.15, -0.1) is 11.6 Å². The van der Waals surface area contributed by atoms with Gasteiger partial charge in [0.05, 0.1) is 0 Å². The predicted molar refractivity (Wildman–Crippen MR) is 82.1 cm³/mol. The Morgan fingerprint density at radius 2 is 2.21 bits per heavy atom. The molecule has 1 fully saturated rings. The van der Waals surface area contributed by atoms with E-state index < -0.39 is 0 Å². The minimum Gasteiger partial charge on any atom is -0.349 e. The summed E-state index contributed by atoms with van der Waals surface area (Å²) in [6, 6.07) is 7.07. The molecule has 0 N–H and O–H groups in total. The quantitative estimate of drug-likeness (QED) is 0.761. The lowest BCUT2D eigenvalue weighted by molar-refractivity contribution is 0.776. The van der Waals surface area contributed by atoms with Crippen LogP contribution in [0.4, 0.5) is 5.82 Å². The van der Waals surface area contributed by atoms with E-state index in [4.69, 9.17) is 16.6 Å². The summed E-state index contributed by atoms with van der Waals surface area (Å²) in [5, 5.41) is 4.35. The van der Waals surface area contributed by atoms with Gasteiger partial charge >= 0.3 is 0 Å². The summed E-state index contributed by atoms with van der Waals surface area (Å²) in [5.74, 6) is 1.62. The highest BCUT2D eigenvalue weighted by atomic mass is 35.5. The Labute approximate surface area is 123 Å². The summed E-state index contributed by atoms with van der Waals surface area (Å²) >= 11 is 7.66. The van der Waals surface area contributed by atoms with Crippen LogP contribution in [-0.2, 0) is 12.4 Å². The summed E-state index contributed by atoms with van der Waals surface area (Å²) < 4.78 is 0. The molecular weight excluding hydrogens is 276 g/mol. The minimum absolute atomic E-state index is 0.535. The Balaban J connectivity index is 1.85. The molecule has 0 saturated heterocycles. The number of halogens is 1. The smallest absolute Gasteiger partial charge is 0.129 e. The van der Waals surface area contributed by atoms with Crippen LogP contribution in [0.5, 0.6) is 0 Å². The van der Waals surface area contributed by atoms with Crippen molar-refractivity contribution in [2.75, 3.05) is 4.90 Å². The average Bonchev–Trinajstić information content (AvgIpc) is 3.13. The van der Waals surface area contributed by atoms with E-state index in [1.54, 1.807) is 11.3 Å². The van der Waals surface area contributed by atoms with E-state index in [2.05, 4.69) is 33.9 Å². The van der Waals surface area contributed by atoms with Gasteiger partial charge in [-0.2, -0.15) is 11.3 Å². The van der Waals surface area contributed by atoms with Crippen molar-refractivity contribution >= 4 is 28.8 Å². The third-order valence-corrected chi connectivity index (χ3v) is 4.56. The lowest BCUT2D eigenvalue weighted by Crippen LogP contribution is -2.26. The topological polar surface area (TPSA) is 16.1 Å². The van der Waals surface area contributed by atoms with Crippen molar-refractivity contribution in [3.8, 4) is 0 Å². The number of aryl methyl sites for hydroxylation is 1. The number of hydrogen-bond acceptors (Lipinski definition) is 3. The molecule has 19 heavy (non-hydrogen) atoms. The first kappa shape index (κ1) is 12.9. The van der Waals surface area contributed by atoms with Gasteiger partial charge in [0.2, 0.25) is 0 Å². The molecule has 0 unspecified atom stereocenters. The molecule has 0 amide bonds. The zero-order chi connectivity index (χ0) is 13.2. The van der Waals surface area contributed by atoms with Crippen LogP contribution in [0.1, 0.15) is 29.7 Å². The van der Waals surface area contributed by atoms with Gasteiger partial charge in [0.25, 0.3) is 0 Å². The van der Waals surface area contributed by atoms with E-state index in [0.29, 0.717) is 11.9 Å². The second kappa shape index (κ2) is 5.51. The molecule has 0 radical (unpaired) electrons. The summed E-state index contributed by atoms with van der Waals surface area (Å²) in [4.78, 5) is 7.15. The normalized spacial score (nSPS) is 14.6. The van der Waals surface area contributed by atoms with Crippen LogP contribution in [0.2, 0.25) is 0 Å². The molecule has 2 nitrogen and oxygen atoms in total. The standard InChI is InChI=1S/C15H17ClN2S/c1-11-13(8-16)2-5-15(17-11)18(14-3-4-14)9-12-6-7-19-10-12/h2,5-7,10,14H,3-4,8-9H2,1H3. The largest absolute Gasteiger partial charge is 0.349 e. The zero-order valence-corrected chi connectivity index (χ0v) is 12.5. The molecule has 1 saturated carbocycles. The van der Waals surface area contributed by atoms with Gasteiger partial charge in [-0.1, -0.05) is 6.07 Å². The second-order valence-electron chi connectivity index (χ2n) is 5.04. The van der Waals surface area contributed by atoms with Crippen LogP contribution >= 0.6 is 22.9 Å². The first-order valence-electron chi connectivity index (χ1n) is 6.58. The Kier molecular flexibility index (Phi) is 3.76. The Hall–Kier alpha value is -1.06. The minimum atomic E-state index is 0.535. The molecule has 4 heteroatoms. The van der Waals surface area contributed by atoms with Crippen LogP contribution < -0.4 is 4.90 Å². The molecule has 0 aromatic carbocycles. The second-order valence-corrected chi connectivity index (χ2v) is 6.09. The van der Waals surface area contributed by atoms with E-state index in [9.17, 15) is 0 Å². The summed E-state index contributed by atoms with van der Waals surface area (Å²) in [7, 11) is 0. The van der Waals surface area contributed by atoms with Gasteiger partial charge in [0.15, 0.2) is 0 Å². The lowest BCUT2D eigenvalue weighted by atomic mass is 10.2. The van der Waals surface area contributed by atoms with E-state index >= 15 is 0 Å². The fraction of sp³-hybridized carbons (Fsp3) is 0.400. The average molecular weight is 293 g/mol. The van der Waals surface area contributed by atoms with Crippen molar-refractivity contribution in [2.24, 2.45) is 0 Å². The van der Waals surface area contributed by atoms with Crippen LogP contribution in [0, 0.1) is 6.92 Å². The van der Waals surface area contributed by atoms with Gasteiger partial charge in [-0.25, -0.2) is 4.98 Å². The van der Waals surface area contributed by atoms with E-state index in [1.165, 1.54) is 18.4 Å². The number of anilines is 1. The Bertz CT molecular complexity index is 549. The maximum atomic E-state index is 5.90. The molecule has 2 aromatic rings. The zero-order valence-electron chi connectivity index (χ0n) is 11.0. The molecule has 0 atom stereocenters. The Morgan fingerprint density at radius 1 is 1.37 bits per heavy atom. The Morgan fingerprint density at radius 3 is 2.79 bits per heavy atom. The highest BCUT2D eigenvalue weighted by Gasteiger charge is 2.30. The predicted octanol–water partition coefficient (Wildman–Crippen LogP) is 4.36. The van der Waals surface area contributed by atoms with Crippen LogP contribution in [0.3, 0.4) is 0 Å².